The smallest absolute Gasteiger partial charge is 0.274 e. The van der Waals surface area contributed by atoms with E-state index in [4.69, 9.17) is 4.98 Å². The van der Waals surface area contributed by atoms with Gasteiger partial charge in [-0.1, -0.05) is 0 Å². The van der Waals surface area contributed by atoms with Gasteiger partial charge < -0.3 is 10.2 Å². The van der Waals surface area contributed by atoms with Gasteiger partial charge in [0.05, 0.1) is 5.69 Å². The van der Waals surface area contributed by atoms with Gasteiger partial charge in [-0.25, -0.2) is 4.98 Å². The molecule has 1 aliphatic heterocycles. The molecule has 2 aliphatic rings. The SMILES string of the molecule is Cc1cc(Nc2nc(C)c(C)s2)cc(C2CCN(C(=O)c3n[nH]c4c3CCCC4)C2)n1. The summed E-state index contributed by atoms with van der Waals surface area (Å²) in [5.74, 6) is 0.292. The van der Waals surface area contributed by atoms with E-state index in [2.05, 4.69) is 33.5 Å². The summed E-state index contributed by atoms with van der Waals surface area (Å²) < 4.78 is 0. The quantitative estimate of drug-likeness (QED) is 0.631. The number of hydrogen-bond donors (Lipinski definition) is 2. The molecule has 5 rings (SSSR count). The van der Waals surface area contributed by atoms with Crippen molar-refractivity contribution in [1.82, 2.24) is 25.1 Å². The van der Waals surface area contributed by atoms with Crippen LogP contribution in [0.5, 0.6) is 0 Å². The molecule has 0 radical (unpaired) electrons. The summed E-state index contributed by atoms with van der Waals surface area (Å²) in [6.07, 6.45) is 5.18. The van der Waals surface area contributed by atoms with Gasteiger partial charge in [0.15, 0.2) is 10.8 Å². The first-order chi connectivity index (χ1) is 15.0. The Balaban J connectivity index is 1.32. The highest BCUT2D eigenvalue weighted by atomic mass is 32.1. The number of aromatic nitrogens is 4. The number of thiazole rings is 1. The number of hydrogen-bond acceptors (Lipinski definition) is 6. The minimum absolute atomic E-state index is 0.0571. The predicted octanol–water partition coefficient (Wildman–Crippen LogP) is 4.44. The Morgan fingerprint density at radius 1 is 1.19 bits per heavy atom. The van der Waals surface area contributed by atoms with E-state index in [9.17, 15) is 4.79 Å². The van der Waals surface area contributed by atoms with Gasteiger partial charge >= 0.3 is 0 Å². The lowest BCUT2D eigenvalue weighted by Gasteiger charge is -2.18. The van der Waals surface area contributed by atoms with Gasteiger partial charge in [0.1, 0.15) is 0 Å². The monoisotopic (exact) mass is 436 g/mol. The number of carbonyl (C=O) groups is 1. The third-order valence-electron chi connectivity index (χ3n) is 6.41. The van der Waals surface area contributed by atoms with Crippen LogP contribution >= 0.6 is 11.3 Å². The van der Waals surface area contributed by atoms with Crippen molar-refractivity contribution >= 4 is 28.1 Å². The number of nitrogens with one attached hydrogen (secondary N) is 2. The number of rotatable bonds is 4. The fourth-order valence-corrected chi connectivity index (χ4v) is 5.45. The zero-order valence-electron chi connectivity index (χ0n) is 18.3. The van der Waals surface area contributed by atoms with Gasteiger partial charge in [-0.3, -0.25) is 14.9 Å². The molecule has 1 fully saturated rings. The number of amides is 1. The first-order valence-electron chi connectivity index (χ1n) is 11.0. The minimum Gasteiger partial charge on any atom is -0.337 e. The summed E-state index contributed by atoms with van der Waals surface area (Å²) in [7, 11) is 0. The zero-order chi connectivity index (χ0) is 21.5. The Morgan fingerprint density at radius 2 is 2.03 bits per heavy atom. The van der Waals surface area contributed by atoms with E-state index in [1.165, 1.54) is 11.3 Å². The average Bonchev–Trinajstić information content (AvgIpc) is 3.46. The van der Waals surface area contributed by atoms with Gasteiger partial charge in [-0.2, -0.15) is 5.10 Å². The molecule has 1 saturated heterocycles. The van der Waals surface area contributed by atoms with E-state index in [0.29, 0.717) is 12.2 Å². The lowest BCUT2D eigenvalue weighted by atomic mass is 9.95. The molecular weight excluding hydrogens is 408 g/mol. The van der Waals surface area contributed by atoms with Gasteiger partial charge in [0.2, 0.25) is 0 Å². The largest absolute Gasteiger partial charge is 0.337 e. The summed E-state index contributed by atoms with van der Waals surface area (Å²) >= 11 is 1.66. The molecule has 0 saturated carbocycles. The number of fused-ring (bicyclic) bond motifs is 1. The molecule has 31 heavy (non-hydrogen) atoms. The molecule has 3 aromatic heterocycles. The van der Waals surface area contributed by atoms with Crippen molar-refractivity contribution in [1.29, 1.82) is 0 Å². The zero-order valence-corrected chi connectivity index (χ0v) is 19.1. The lowest BCUT2D eigenvalue weighted by molar-refractivity contribution is 0.0783. The maximum absolute atomic E-state index is 13.2. The van der Waals surface area contributed by atoms with Crippen LogP contribution in [0.1, 0.15) is 68.9 Å². The number of carbonyl (C=O) groups excluding carboxylic acids is 1. The highest BCUT2D eigenvalue weighted by Crippen LogP contribution is 2.32. The van der Waals surface area contributed by atoms with Crippen LogP contribution in [0.25, 0.3) is 0 Å². The first-order valence-corrected chi connectivity index (χ1v) is 11.8. The average molecular weight is 437 g/mol. The van der Waals surface area contributed by atoms with E-state index in [1.54, 1.807) is 11.3 Å². The summed E-state index contributed by atoms with van der Waals surface area (Å²) in [5, 5.41) is 11.8. The second-order valence-corrected chi connectivity index (χ2v) is 9.88. The van der Waals surface area contributed by atoms with Crippen molar-refractivity contribution in [2.24, 2.45) is 0 Å². The van der Waals surface area contributed by atoms with Crippen molar-refractivity contribution in [2.45, 2.75) is 58.8 Å². The predicted molar refractivity (Wildman–Crippen MR) is 122 cm³/mol. The van der Waals surface area contributed by atoms with Crippen LogP contribution in [0.3, 0.4) is 0 Å². The summed E-state index contributed by atoms with van der Waals surface area (Å²) in [4.78, 5) is 25.7. The van der Waals surface area contributed by atoms with Gasteiger partial charge in [0.25, 0.3) is 5.91 Å². The van der Waals surface area contributed by atoms with E-state index in [-0.39, 0.29) is 11.8 Å². The fourth-order valence-electron chi connectivity index (χ4n) is 4.62. The topological polar surface area (TPSA) is 86.8 Å². The van der Waals surface area contributed by atoms with Crippen molar-refractivity contribution < 1.29 is 4.79 Å². The molecule has 1 amide bonds. The molecule has 0 aromatic carbocycles. The number of aryl methyl sites for hydroxylation is 4. The van der Waals surface area contributed by atoms with Crippen molar-refractivity contribution in [2.75, 3.05) is 18.4 Å². The third kappa shape index (κ3) is 3.96. The molecule has 3 aromatic rings. The first kappa shape index (κ1) is 20.2. The van der Waals surface area contributed by atoms with Crippen molar-refractivity contribution in [3.05, 3.63) is 51.0 Å². The molecular formula is C23H28N6OS. The van der Waals surface area contributed by atoms with Gasteiger partial charge in [-0.15, -0.1) is 11.3 Å². The van der Waals surface area contributed by atoms with E-state index < -0.39 is 0 Å². The minimum atomic E-state index is 0.0571. The Bertz CT molecular complexity index is 1110. The molecule has 7 nitrogen and oxygen atoms in total. The van der Waals surface area contributed by atoms with Crippen LogP contribution in [0.15, 0.2) is 12.1 Å². The maximum atomic E-state index is 13.2. The van der Waals surface area contributed by atoms with Crippen molar-refractivity contribution in [3.63, 3.8) is 0 Å². The standard InChI is InChI=1S/C23H28N6OS/c1-13-10-17(26-23-25-14(2)15(3)31-23)11-20(24-13)16-8-9-29(12-16)22(30)21-18-6-4-5-7-19(18)27-28-21/h10-11,16H,4-9,12H2,1-3H3,(H,27,28)(H,24,25,26). The number of anilines is 2. The van der Waals surface area contributed by atoms with Crippen LogP contribution in [-0.2, 0) is 12.8 Å². The van der Waals surface area contributed by atoms with E-state index in [1.807, 2.05) is 24.8 Å². The highest BCUT2D eigenvalue weighted by molar-refractivity contribution is 7.15. The molecule has 1 aliphatic carbocycles. The molecule has 2 N–H and O–H groups in total. The van der Waals surface area contributed by atoms with Crippen molar-refractivity contribution in [3.8, 4) is 0 Å². The molecule has 8 heteroatoms. The van der Waals surface area contributed by atoms with Gasteiger partial charge in [0, 0.05) is 52.2 Å². The Hall–Kier alpha value is -2.74. The number of pyridine rings is 1. The van der Waals surface area contributed by atoms with Gasteiger partial charge in [-0.05, 0) is 65.0 Å². The maximum Gasteiger partial charge on any atom is 0.274 e. The van der Waals surface area contributed by atoms with Crippen LogP contribution in [-0.4, -0.2) is 44.1 Å². The van der Waals surface area contributed by atoms with Crippen LogP contribution in [0, 0.1) is 20.8 Å². The van der Waals surface area contributed by atoms with Crippen LogP contribution < -0.4 is 5.32 Å². The highest BCUT2D eigenvalue weighted by Gasteiger charge is 2.32. The lowest BCUT2D eigenvalue weighted by Crippen LogP contribution is -2.29. The summed E-state index contributed by atoms with van der Waals surface area (Å²) in [6, 6.07) is 4.15. The second kappa shape index (κ2) is 8.07. The Labute approximate surface area is 186 Å². The molecule has 162 valence electrons. The van der Waals surface area contributed by atoms with Crippen LogP contribution in [0.2, 0.25) is 0 Å². The second-order valence-electron chi connectivity index (χ2n) is 8.68. The van der Waals surface area contributed by atoms with Crippen LogP contribution in [0.4, 0.5) is 10.8 Å². The van der Waals surface area contributed by atoms with E-state index >= 15 is 0 Å². The fraction of sp³-hybridized carbons (Fsp3) is 0.478. The number of H-pyrrole nitrogens is 1. The molecule has 4 heterocycles. The Kier molecular flexibility index (Phi) is 5.25. The van der Waals surface area contributed by atoms with E-state index in [0.717, 1.165) is 71.4 Å². The molecule has 1 atom stereocenters. The number of nitrogens with zero attached hydrogens (tertiary/aromatic N) is 4. The molecule has 0 bridgehead atoms. The normalized spacial score (nSPS) is 18.3. The number of likely N-dealkylation sites (tertiary alicyclic amines) is 1. The summed E-state index contributed by atoms with van der Waals surface area (Å²) in [6.45, 7) is 7.56. The Morgan fingerprint density at radius 3 is 2.84 bits per heavy atom. The molecule has 0 spiro atoms. The molecule has 1 unspecified atom stereocenters. The number of aromatic amines is 1. The third-order valence-corrected chi connectivity index (χ3v) is 7.39. The summed E-state index contributed by atoms with van der Waals surface area (Å²) in [5.41, 5.74) is 6.97.